The van der Waals surface area contributed by atoms with Crippen molar-refractivity contribution in [1.82, 2.24) is 5.32 Å². The zero-order chi connectivity index (χ0) is 16.3. The molecule has 0 spiro atoms. The summed E-state index contributed by atoms with van der Waals surface area (Å²) in [5.41, 5.74) is 1.30. The summed E-state index contributed by atoms with van der Waals surface area (Å²) >= 11 is 3.47. The molecule has 0 saturated carbocycles. The minimum Gasteiger partial charge on any atom is -0.462 e. The van der Waals surface area contributed by atoms with Gasteiger partial charge in [0.15, 0.2) is 0 Å². The Morgan fingerprint density at radius 2 is 2.14 bits per heavy atom. The highest BCUT2D eigenvalue weighted by Crippen LogP contribution is 2.32. The number of rotatable bonds is 4. The quantitative estimate of drug-likeness (QED) is 0.827. The summed E-state index contributed by atoms with van der Waals surface area (Å²) in [6, 6.07) is 6.57. The van der Waals surface area contributed by atoms with E-state index < -0.39 is 18.0 Å². The molecule has 1 aliphatic heterocycles. The largest absolute Gasteiger partial charge is 0.462 e. The number of aliphatic imine (C=N–C) groups is 1. The highest BCUT2D eigenvalue weighted by molar-refractivity contribution is 9.10. The third-order valence-electron chi connectivity index (χ3n) is 3.73. The summed E-state index contributed by atoms with van der Waals surface area (Å²) in [4.78, 5) is 28.1. The van der Waals surface area contributed by atoms with E-state index in [-0.39, 0.29) is 12.1 Å². The van der Waals surface area contributed by atoms with Gasteiger partial charge in [0.1, 0.15) is 5.92 Å². The van der Waals surface area contributed by atoms with E-state index in [2.05, 4.69) is 26.2 Å². The monoisotopic (exact) mass is 366 g/mol. The van der Waals surface area contributed by atoms with E-state index in [0.29, 0.717) is 5.71 Å². The maximum absolute atomic E-state index is 12.5. The number of urea groups is 1. The first-order chi connectivity index (χ1) is 10.4. The molecule has 0 bridgehead atoms. The van der Waals surface area contributed by atoms with Crippen LogP contribution in [0.15, 0.2) is 33.7 Å². The van der Waals surface area contributed by atoms with Gasteiger partial charge in [0.25, 0.3) is 0 Å². The van der Waals surface area contributed by atoms with Crippen molar-refractivity contribution in [3.8, 4) is 0 Å². The molecule has 3 atom stereocenters. The standard InChI is InChI=1S/C16H19BrN2O3/c1-4-9(2)22-15(20)13-10(3)18-16(21)19-14(13)11-7-5-6-8-12(11)17/h5-9,13-14H,4H2,1-3H3,(H,19,21). The lowest BCUT2D eigenvalue weighted by Crippen LogP contribution is -2.45. The van der Waals surface area contributed by atoms with Crippen LogP contribution in [0.4, 0.5) is 4.79 Å². The summed E-state index contributed by atoms with van der Waals surface area (Å²) in [5.74, 6) is -0.984. The van der Waals surface area contributed by atoms with Crippen molar-refractivity contribution in [1.29, 1.82) is 0 Å². The van der Waals surface area contributed by atoms with Crippen LogP contribution in [0.3, 0.4) is 0 Å². The van der Waals surface area contributed by atoms with Crippen LogP contribution in [-0.2, 0) is 9.53 Å². The van der Waals surface area contributed by atoms with Crippen molar-refractivity contribution in [3.63, 3.8) is 0 Å². The smallest absolute Gasteiger partial charge is 0.341 e. The number of esters is 1. The Bertz CT molecular complexity index is 615. The lowest BCUT2D eigenvalue weighted by molar-refractivity contribution is -0.151. The number of benzene rings is 1. The number of ether oxygens (including phenoxy) is 1. The van der Waals surface area contributed by atoms with E-state index in [9.17, 15) is 9.59 Å². The summed E-state index contributed by atoms with van der Waals surface area (Å²) in [6.07, 6.45) is 0.568. The van der Waals surface area contributed by atoms with Crippen molar-refractivity contribution in [2.24, 2.45) is 10.9 Å². The van der Waals surface area contributed by atoms with Crippen molar-refractivity contribution in [3.05, 3.63) is 34.3 Å². The first-order valence-corrected chi connectivity index (χ1v) is 8.04. The second-order valence-corrected chi connectivity index (χ2v) is 6.19. The van der Waals surface area contributed by atoms with Gasteiger partial charge in [-0.15, -0.1) is 0 Å². The van der Waals surface area contributed by atoms with Crippen LogP contribution in [0, 0.1) is 5.92 Å². The number of carbonyl (C=O) groups is 2. The minimum atomic E-state index is -0.620. The van der Waals surface area contributed by atoms with E-state index in [1.54, 1.807) is 6.92 Å². The van der Waals surface area contributed by atoms with Gasteiger partial charge in [0.2, 0.25) is 0 Å². The average Bonchev–Trinajstić information content (AvgIpc) is 2.46. The molecule has 22 heavy (non-hydrogen) atoms. The predicted molar refractivity (Wildman–Crippen MR) is 87.9 cm³/mol. The van der Waals surface area contributed by atoms with Gasteiger partial charge in [-0.05, 0) is 31.9 Å². The summed E-state index contributed by atoms with van der Waals surface area (Å²) in [7, 11) is 0. The molecule has 1 aromatic rings. The maximum atomic E-state index is 12.5. The molecule has 0 saturated heterocycles. The van der Waals surface area contributed by atoms with Gasteiger partial charge >= 0.3 is 12.0 Å². The molecule has 2 amide bonds. The van der Waals surface area contributed by atoms with Crippen LogP contribution in [0.2, 0.25) is 0 Å². The summed E-state index contributed by atoms with van der Waals surface area (Å²) in [5, 5.41) is 2.77. The minimum absolute atomic E-state index is 0.169. The molecule has 0 aliphatic carbocycles. The number of nitrogens with zero attached hydrogens (tertiary/aromatic N) is 1. The van der Waals surface area contributed by atoms with Crippen molar-refractivity contribution < 1.29 is 14.3 Å². The lowest BCUT2D eigenvalue weighted by atomic mass is 9.88. The van der Waals surface area contributed by atoms with Gasteiger partial charge in [-0.1, -0.05) is 41.1 Å². The molecule has 2 rings (SSSR count). The first kappa shape index (κ1) is 16.7. The van der Waals surface area contributed by atoms with Crippen LogP contribution in [0.1, 0.15) is 38.8 Å². The molecule has 3 unspecified atom stereocenters. The number of amides is 2. The van der Waals surface area contributed by atoms with Crippen LogP contribution >= 0.6 is 15.9 Å². The molecule has 0 aromatic heterocycles. The third kappa shape index (κ3) is 3.55. The molecule has 5 nitrogen and oxygen atoms in total. The number of hydrogen-bond donors (Lipinski definition) is 1. The van der Waals surface area contributed by atoms with Crippen LogP contribution < -0.4 is 5.32 Å². The Labute approximate surface area is 138 Å². The number of halogens is 1. The highest BCUT2D eigenvalue weighted by atomic mass is 79.9. The molecule has 1 N–H and O–H groups in total. The zero-order valence-electron chi connectivity index (χ0n) is 12.8. The predicted octanol–water partition coefficient (Wildman–Crippen LogP) is 3.63. The second kappa shape index (κ2) is 7.05. The summed E-state index contributed by atoms with van der Waals surface area (Å²) in [6.45, 7) is 5.48. The van der Waals surface area contributed by atoms with Crippen molar-refractivity contribution in [2.45, 2.75) is 39.3 Å². The van der Waals surface area contributed by atoms with Gasteiger partial charge in [-0.2, -0.15) is 0 Å². The number of hydrogen-bond acceptors (Lipinski definition) is 3. The van der Waals surface area contributed by atoms with E-state index in [1.165, 1.54) is 0 Å². The topological polar surface area (TPSA) is 67.8 Å². The van der Waals surface area contributed by atoms with E-state index in [4.69, 9.17) is 4.74 Å². The SMILES string of the molecule is CCC(C)OC(=O)C1C(C)=NC(=O)NC1c1ccccc1Br. The second-order valence-electron chi connectivity index (χ2n) is 5.34. The normalized spacial score (nSPS) is 22.5. The van der Waals surface area contributed by atoms with Gasteiger partial charge in [-0.3, -0.25) is 4.79 Å². The zero-order valence-corrected chi connectivity index (χ0v) is 14.4. The Balaban J connectivity index is 2.37. The van der Waals surface area contributed by atoms with Crippen LogP contribution in [0.25, 0.3) is 0 Å². The van der Waals surface area contributed by atoms with E-state index in [1.807, 2.05) is 38.1 Å². The Morgan fingerprint density at radius 1 is 1.45 bits per heavy atom. The first-order valence-electron chi connectivity index (χ1n) is 7.24. The lowest BCUT2D eigenvalue weighted by Gasteiger charge is -2.31. The number of nitrogens with one attached hydrogen (secondary N) is 1. The summed E-state index contributed by atoms with van der Waals surface area (Å²) < 4.78 is 6.28. The number of carbonyl (C=O) groups excluding carboxylic acids is 2. The Kier molecular flexibility index (Phi) is 5.34. The third-order valence-corrected chi connectivity index (χ3v) is 4.45. The van der Waals surface area contributed by atoms with Crippen molar-refractivity contribution in [2.75, 3.05) is 0 Å². The van der Waals surface area contributed by atoms with Gasteiger partial charge in [-0.25, -0.2) is 9.79 Å². The molecule has 0 radical (unpaired) electrons. The Hall–Kier alpha value is -1.69. The van der Waals surface area contributed by atoms with Gasteiger partial charge in [0.05, 0.1) is 12.1 Å². The molecular weight excluding hydrogens is 348 g/mol. The fourth-order valence-corrected chi connectivity index (χ4v) is 2.90. The van der Waals surface area contributed by atoms with Gasteiger partial charge in [0, 0.05) is 10.2 Å². The Morgan fingerprint density at radius 3 is 2.77 bits per heavy atom. The van der Waals surface area contributed by atoms with Crippen LogP contribution in [-0.4, -0.2) is 23.8 Å². The average molecular weight is 367 g/mol. The molecule has 118 valence electrons. The molecule has 1 aliphatic rings. The van der Waals surface area contributed by atoms with Crippen LogP contribution in [0.5, 0.6) is 0 Å². The van der Waals surface area contributed by atoms with E-state index >= 15 is 0 Å². The fraction of sp³-hybridized carbons (Fsp3) is 0.438. The molecule has 6 heteroatoms. The molecule has 1 aromatic carbocycles. The molecular formula is C16H19BrN2O3. The highest BCUT2D eigenvalue weighted by Gasteiger charge is 2.39. The molecule has 1 heterocycles. The molecule has 0 fully saturated rings. The van der Waals surface area contributed by atoms with Gasteiger partial charge < -0.3 is 10.1 Å². The van der Waals surface area contributed by atoms with E-state index in [0.717, 1.165) is 16.5 Å². The van der Waals surface area contributed by atoms with Crippen molar-refractivity contribution >= 4 is 33.6 Å². The maximum Gasteiger partial charge on any atom is 0.341 e. The fourth-order valence-electron chi connectivity index (χ4n) is 2.37.